The lowest BCUT2D eigenvalue weighted by atomic mass is 10.1. The fourth-order valence-corrected chi connectivity index (χ4v) is 1.47. The van der Waals surface area contributed by atoms with Gasteiger partial charge in [0.1, 0.15) is 11.5 Å². The minimum Gasteiger partial charge on any atom is -0.507 e. The Morgan fingerprint density at radius 3 is 2.81 bits per heavy atom. The molecule has 0 amide bonds. The number of benzene rings is 2. The van der Waals surface area contributed by atoms with E-state index in [4.69, 9.17) is 9.84 Å². The highest BCUT2D eigenvalue weighted by Gasteiger charge is 2.03. The van der Waals surface area contributed by atoms with E-state index in [1.54, 1.807) is 30.3 Å². The summed E-state index contributed by atoms with van der Waals surface area (Å²) in [6, 6.07) is 10.2. The lowest BCUT2D eigenvalue weighted by Gasteiger charge is -2.05. The predicted octanol–water partition coefficient (Wildman–Crippen LogP) is 2.01. The number of aliphatic carboxylic acids is 1. The molecule has 2 aromatic carbocycles. The van der Waals surface area contributed by atoms with Gasteiger partial charge in [-0.3, -0.25) is 0 Å². The molecule has 0 unspecified atom stereocenters. The number of hydrogen-bond donors (Lipinski definition) is 2. The van der Waals surface area contributed by atoms with Gasteiger partial charge >= 0.3 is 5.97 Å². The van der Waals surface area contributed by atoms with E-state index in [1.165, 1.54) is 0 Å². The van der Waals surface area contributed by atoms with E-state index >= 15 is 0 Å². The molecule has 0 atom stereocenters. The molecular formula is C12H10O4. The molecule has 2 N–H and O–H groups in total. The molecule has 0 fully saturated rings. The third kappa shape index (κ3) is 2.06. The predicted molar refractivity (Wildman–Crippen MR) is 58.7 cm³/mol. The summed E-state index contributed by atoms with van der Waals surface area (Å²) in [4.78, 5) is 10.3. The number of carboxylic acids is 1. The van der Waals surface area contributed by atoms with Gasteiger partial charge in [0.25, 0.3) is 0 Å². The van der Waals surface area contributed by atoms with Crippen LogP contribution in [0.2, 0.25) is 0 Å². The number of phenols is 1. The summed E-state index contributed by atoms with van der Waals surface area (Å²) in [5, 5.41) is 19.6. The third-order valence-corrected chi connectivity index (χ3v) is 2.19. The van der Waals surface area contributed by atoms with Gasteiger partial charge in [0.2, 0.25) is 0 Å². The van der Waals surface area contributed by atoms with Gasteiger partial charge in [-0.15, -0.1) is 0 Å². The van der Waals surface area contributed by atoms with Gasteiger partial charge in [-0.2, -0.15) is 0 Å². The average molecular weight is 218 g/mol. The van der Waals surface area contributed by atoms with Crippen molar-refractivity contribution in [1.82, 2.24) is 0 Å². The molecular weight excluding hydrogens is 208 g/mol. The molecule has 4 nitrogen and oxygen atoms in total. The SMILES string of the molecule is O=C(O)COc1ccc2cccc(O)c2c1. The van der Waals surface area contributed by atoms with E-state index in [0.717, 1.165) is 5.39 Å². The molecule has 16 heavy (non-hydrogen) atoms. The lowest BCUT2D eigenvalue weighted by molar-refractivity contribution is -0.139. The Labute approximate surface area is 91.7 Å². The van der Waals surface area contributed by atoms with Crippen LogP contribution in [0.3, 0.4) is 0 Å². The molecule has 0 saturated heterocycles. The van der Waals surface area contributed by atoms with E-state index in [0.29, 0.717) is 11.1 Å². The monoisotopic (exact) mass is 218 g/mol. The summed E-state index contributed by atoms with van der Waals surface area (Å²) < 4.78 is 5.02. The normalized spacial score (nSPS) is 10.2. The number of rotatable bonds is 3. The van der Waals surface area contributed by atoms with Crippen molar-refractivity contribution in [3.05, 3.63) is 36.4 Å². The summed E-state index contributed by atoms with van der Waals surface area (Å²) >= 11 is 0. The van der Waals surface area contributed by atoms with Crippen molar-refractivity contribution in [2.45, 2.75) is 0 Å². The number of carbonyl (C=O) groups is 1. The number of ether oxygens (including phenoxy) is 1. The first kappa shape index (κ1) is 10.3. The smallest absolute Gasteiger partial charge is 0.341 e. The maximum atomic E-state index is 10.3. The average Bonchev–Trinajstić information content (AvgIpc) is 2.27. The number of carboxylic acid groups (broad SMARTS) is 1. The Balaban J connectivity index is 2.35. The number of hydrogen-bond acceptors (Lipinski definition) is 3. The van der Waals surface area contributed by atoms with Crippen molar-refractivity contribution >= 4 is 16.7 Å². The molecule has 2 rings (SSSR count). The van der Waals surface area contributed by atoms with Crippen LogP contribution in [-0.2, 0) is 4.79 Å². The van der Waals surface area contributed by atoms with Crippen molar-refractivity contribution in [1.29, 1.82) is 0 Å². The van der Waals surface area contributed by atoms with Crippen LogP contribution in [-0.4, -0.2) is 22.8 Å². The topological polar surface area (TPSA) is 66.8 Å². The largest absolute Gasteiger partial charge is 0.507 e. The summed E-state index contributed by atoms with van der Waals surface area (Å²) in [5.74, 6) is -0.452. The second-order valence-corrected chi connectivity index (χ2v) is 3.34. The molecule has 0 aliphatic heterocycles. The highest BCUT2D eigenvalue weighted by Crippen LogP contribution is 2.27. The van der Waals surface area contributed by atoms with Crippen molar-refractivity contribution in [3.8, 4) is 11.5 Å². The summed E-state index contributed by atoms with van der Waals surface area (Å²) in [7, 11) is 0. The first-order chi connectivity index (χ1) is 7.66. The van der Waals surface area contributed by atoms with Gasteiger partial charge < -0.3 is 14.9 Å². The van der Waals surface area contributed by atoms with Gasteiger partial charge in [0.05, 0.1) is 0 Å². The van der Waals surface area contributed by atoms with E-state index in [1.807, 2.05) is 6.07 Å². The minimum atomic E-state index is -1.03. The minimum absolute atomic E-state index is 0.151. The van der Waals surface area contributed by atoms with Crippen LogP contribution in [0, 0.1) is 0 Å². The van der Waals surface area contributed by atoms with Crippen molar-refractivity contribution in [2.24, 2.45) is 0 Å². The van der Waals surface area contributed by atoms with Gasteiger partial charge in [-0.25, -0.2) is 4.79 Å². The number of aromatic hydroxyl groups is 1. The quantitative estimate of drug-likeness (QED) is 0.826. The van der Waals surface area contributed by atoms with Crippen molar-refractivity contribution in [2.75, 3.05) is 6.61 Å². The molecule has 0 aliphatic rings. The maximum absolute atomic E-state index is 10.3. The fraction of sp³-hybridized carbons (Fsp3) is 0.0833. The Morgan fingerprint density at radius 1 is 1.25 bits per heavy atom. The molecule has 0 saturated carbocycles. The summed E-state index contributed by atoms with van der Waals surface area (Å²) in [6.07, 6.45) is 0. The van der Waals surface area contributed by atoms with Crippen LogP contribution in [0.25, 0.3) is 10.8 Å². The number of fused-ring (bicyclic) bond motifs is 1. The zero-order valence-corrected chi connectivity index (χ0v) is 8.38. The van der Waals surface area contributed by atoms with E-state index in [9.17, 15) is 9.90 Å². The molecule has 0 aliphatic carbocycles. The molecule has 0 heterocycles. The molecule has 0 aromatic heterocycles. The zero-order valence-electron chi connectivity index (χ0n) is 8.38. The lowest BCUT2D eigenvalue weighted by Crippen LogP contribution is -2.09. The first-order valence-corrected chi connectivity index (χ1v) is 4.73. The van der Waals surface area contributed by atoms with Gasteiger partial charge in [-0.1, -0.05) is 18.2 Å². The Bertz CT molecular complexity index is 534. The van der Waals surface area contributed by atoms with E-state index in [2.05, 4.69) is 0 Å². The maximum Gasteiger partial charge on any atom is 0.341 e. The van der Waals surface area contributed by atoms with Crippen LogP contribution in [0.4, 0.5) is 0 Å². The number of phenolic OH excluding ortho intramolecular Hbond substituents is 1. The molecule has 0 radical (unpaired) electrons. The Hall–Kier alpha value is -2.23. The van der Waals surface area contributed by atoms with Crippen LogP contribution in [0.15, 0.2) is 36.4 Å². The van der Waals surface area contributed by atoms with Crippen LogP contribution in [0.1, 0.15) is 0 Å². The zero-order chi connectivity index (χ0) is 11.5. The third-order valence-electron chi connectivity index (χ3n) is 2.19. The molecule has 2 aromatic rings. The van der Waals surface area contributed by atoms with Crippen LogP contribution in [0.5, 0.6) is 11.5 Å². The standard InChI is InChI=1S/C12H10O4/c13-11-3-1-2-8-4-5-9(6-10(8)11)16-7-12(14)15/h1-6,13H,7H2,(H,14,15). The highest BCUT2D eigenvalue weighted by molar-refractivity contribution is 5.89. The van der Waals surface area contributed by atoms with E-state index in [-0.39, 0.29) is 12.4 Å². The molecule has 0 bridgehead atoms. The highest BCUT2D eigenvalue weighted by atomic mass is 16.5. The van der Waals surface area contributed by atoms with Crippen molar-refractivity contribution in [3.63, 3.8) is 0 Å². The molecule has 0 spiro atoms. The summed E-state index contributed by atoms with van der Waals surface area (Å²) in [6.45, 7) is -0.390. The van der Waals surface area contributed by atoms with Crippen LogP contribution >= 0.6 is 0 Å². The Morgan fingerprint density at radius 2 is 2.06 bits per heavy atom. The first-order valence-electron chi connectivity index (χ1n) is 4.73. The second-order valence-electron chi connectivity index (χ2n) is 3.34. The molecule has 4 heteroatoms. The van der Waals surface area contributed by atoms with Gasteiger partial charge in [0, 0.05) is 5.39 Å². The van der Waals surface area contributed by atoms with Gasteiger partial charge in [-0.05, 0) is 23.6 Å². The van der Waals surface area contributed by atoms with E-state index < -0.39 is 5.97 Å². The van der Waals surface area contributed by atoms with Crippen molar-refractivity contribution < 1.29 is 19.7 Å². The molecule has 82 valence electrons. The van der Waals surface area contributed by atoms with Crippen LogP contribution < -0.4 is 4.74 Å². The fourth-order valence-electron chi connectivity index (χ4n) is 1.47. The second kappa shape index (κ2) is 4.10. The Kier molecular flexibility index (Phi) is 2.64. The van der Waals surface area contributed by atoms with Gasteiger partial charge in [0.15, 0.2) is 6.61 Å². The summed E-state index contributed by atoms with van der Waals surface area (Å²) in [5.41, 5.74) is 0.